The van der Waals surface area contributed by atoms with E-state index in [0.29, 0.717) is 5.69 Å². The molecule has 1 aromatic carbocycles. The van der Waals surface area contributed by atoms with Crippen LogP contribution in [-0.4, -0.2) is 20.6 Å². The second-order valence-corrected chi connectivity index (χ2v) is 4.49. The van der Waals surface area contributed by atoms with E-state index in [1.807, 2.05) is 28.8 Å². The summed E-state index contributed by atoms with van der Waals surface area (Å²) in [6, 6.07) is 7.69. The van der Waals surface area contributed by atoms with Crippen molar-refractivity contribution >= 4 is 17.6 Å². The number of aryl methyl sites for hydroxylation is 2. The number of benzene rings is 1. The number of carboxylic acids is 1. The van der Waals surface area contributed by atoms with Gasteiger partial charge in [0.2, 0.25) is 0 Å². The molecule has 1 N–H and O–H groups in total. The van der Waals surface area contributed by atoms with Gasteiger partial charge in [0.25, 0.3) is 0 Å². The van der Waals surface area contributed by atoms with Crippen LogP contribution < -0.4 is 0 Å². The molecule has 0 spiro atoms. The van der Waals surface area contributed by atoms with Crippen LogP contribution in [0.1, 0.15) is 11.3 Å². The van der Waals surface area contributed by atoms with Gasteiger partial charge in [-0.1, -0.05) is 23.7 Å². The zero-order chi connectivity index (χ0) is 13.0. The molecule has 0 saturated carbocycles. The molecule has 5 heteroatoms. The molecule has 0 aliphatic carbocycles. The molecule has 94 valence electrons. The highest BCUT2D eigenvalue weighted by atomic mass is 35.5. The molecule has 0 bridgehead atoms. The molecule has 0 aliphatic rings. The fraction of sp³-hybridized carbons (Fsp3) is 0.231. The molecule has 0 amide bonds. The Morgan fingerprint density at radius 1 is 1.33 bits per heavy atom. The topological polar surface area (TPSA) is 55.1 Å². The predicted octanol–water partition coefficient (Wildman–Crippen LogP) is 2.41. The Kier molecular flexibility index (Phi) is 3.99. The van der Waals surface area contributed by atoms with Gasteiger partial charge in [0, 0.05) is 17.8 Å². The van der Waals surface area contributed by atoms with Gasteiger partial charge in [-0.3, -0.25) is 4.79 Å². The van der Waals surface area contributed by atoms with Crippen molar-refractivity contribution in [2.45, 2.75) is 19.4 Å². The van der Waals surface area contributed by atoms with Gasteiger partial charge in [0.15, 0.2) is 0 Å². The number of aromatic nitrogens is 2. The van der Waals surface area contributed by atoms with E-state index in [1.54, 1.807) is 12.5 Å². The van der Waals surface area contributed by atoms with E-state index in [0.717, 1.165) is 18.0 Å². The lowest BCUT2D eigenvalue weighted by atomic mass is 10.1. The Labute approximate surface area is 110 Å². The number of nitrogens with zero attached hydrogens (tertiary/aromatic N) is 2. The number of imidazole rings is 1. The lowest BCUT2D eigenvalue weighted by Crippen LogP contribution is -2.01. The standard InChI is InChI=1S/C13H13ClN2O2/c14-11-3-1-10(2-4-11)5-6-16-8-12(15-9-16)7-13(17)18/h1-4,8-9H,5-7H2,(H,17,18). The zero-order valence-corrected chi connectivity index (χ0v) is 10.5. The van der Waals surface area contributed by atoms with E-state index in [1.165, 1.54) is 5.56 Å². The minimum Gasteiger partial charge on any atom is -0.481 e. The van der Waals surface area contributed by atoms with Crippen LogP contribution >= 0.6 is 11.6 Å². The molecular weight excluding hydrogens is 252 g/mol. The van der Waals surface area contributed by atoms with E-state index in [9.17, 15) is 4.79 Å². The smallest absolute Gasteiger partial charge is 0.309 e. The molecule has 18 heavy (non-hydrogen) atoms. The number of carbonyl (C=O) groups is 1. The Balaban J connectivity index is 1.92. The Bertz CT molecular complexity index is 534. The fourth-order valence-electron chi connectivity index (χ4n) is 1.68. The third-order valence-corrected chi connectivity index (χ3v) is 2.84. The first kappa shape index (κ1) is 12.6. The minimum absolute atomic E-state index is 0.0338. The van der Waals surface area contributed by atoms with Gasteiger partial charge in [-0.25, -0.2) is 4.98 Å². The number of halogens is 1. The van der Waals surface area contributed by atoms with Crippen LogP contribution in [0.2, 0.25) is 5.02 Å². The first-order valence-electron chi connectivity index (χ1n) is 5.60. The Morgan fingerprint density at radius 2 is 2.06 bits per heavy atom. The summed E-state index contributed by atoms with van der Waals surface area (Å²) in [6.45, 7) is 0.772. The molecular formula is C13H13ClN2O2. The van der Waals surface area contributed by atoms with E-state index in [-0.39, 0.29) is 6.42 Å². The average Bonchev–Trinajstić information content (AvgIpc) is 2.75. The number of rotatable bonds is 5. The van der Waals surface area contributed by atoms with Crippen molar-refractivity contribution in [3.8, 4) is 0 Å². The summed E-state index contributed by atoms with van der Waals surface area (Å²) in [5.74, 6) is -0.863. The number of hydrogen-bond acceptors (Lipinski definition) is 2. The second kappa shape index (κ2) is 5.69. The summed E-state index contributed by atoms with van der Waals surface area (Å²) in [5.41, 5.74) is 1.77. The van der Waals surface area contributed by atoms with Gasteiger partial charge in [-0.05, 0) is 24.1 Å². The lowest BCUT2D eigenvalue weighted by molar-refractivity contribution is -0.136. The van der Waals surface area contributed by atoms with Crippen molar-refractivity contribution in [1.82, 2.24) is 9.55 Å². The summed E-state index contributed by atoms with van der Waals surface area (Å²) in [4.78, 5) is 14.6. The molecule has 0 unspecified atom stereocenters. The van der Waals surface area contributed by atoms with E-state index >= 15 is 0 Å². The largest absolute Gasteiger partial charge is 0.481 e. The van der Waals surface area contributed by atoms with Gasteiger partial charge in [-0.15, -0.1) is 0 Å². The number of carboxylic acid groups (broad SMARTS) is 1. The molecule has 0 saturated heterocycles. The van der Waals surface area contributed by atoms with Crippen LogP contribution in [0.25, 0.3) is 0 Å². The number of aliphatic carboxylic acids is 1. The van der Waals surface area contributed by atoms with Crippen LogP contribution in [0.4, 0.5) is 0 Å². The molecule has 2 rings (SSSR count). The first-order valence-corrected chi connectivity index (χ1v) is 5.98. The fourth-order valence-corrected chi connectivity index (χ4v) is 1.81. The SMILES string of the molecule is O=C(O)Cc1cn(CCc2ccc(Cl)cc2)cn1. The van der Waals surface area contributed by atoms with Crippen molar-refractivity contribution in [2.24, 2.45) is 0 Å². The van der Waals surface area contributed by atoms with Crippen LogP contribution in [0.3, 0.4) is 0 Å². The minimum atomic E-state index is -0.863. The van der Waals surface area contributed by atoms with Crippen molar-refractivity contribution in [2.75, 3.05) is 0 Å². The molecule has 4 nitrogen and oxygen atoms in total. The first-order chi connectivity index (χ1) is 8.63. The van der Waals surface area contributed by atoms with Gasteiger partial charge < -0.3 is 9.67 Å². The average molecular weight is 265 g/mol. The normalized spacial score (nSPS) is 10.5. The zero-order valence-electron chi connectivity index (χ0n) is 9.71. The quantitative estimate of drug-likeness (QED) is 0.902. The number of hydrogen-bond donors (Lipinski definition) is 1. The Morgan fingerprint density at radius 3 is 2.72 bits per heavy atom. The van der Waals surface area contributed by atoms with Crippen LogP contribution in [0.15, 0.2) is 36.8 Å². The maximum absolute atomic E-state index is 10.5. The van der Waals surface area contributed by atoms with E-state index in [4.69, 9.17) is 16.7 Å². The molecule has 0 atom stereocenters. The van der Waals surface area contributed by atoms with Crippen molar-refractivity contribution < 1.29 is 9.90 Å². The third-order valence-electron chi connectivity index (χ3n) is 2.59. The predicted molar refractivity (Wildman–Crippen MR) is 68.7 cm³/mol. The highest BCUT2D eigenvalue weighted by molar-refractivity contribution is 6.30. The monoisotopic (exact) mass is 264 g/mol. The lowest BCUT2D eigenvalue weighted by Gasteiger charge is -2.02. The molecule has 1 aromatic heterocycles. The molecule has 2 aromatic rings. The van der Waals surface area contributed by atoms with Gasteiger partial charge in [-0.2, -0.15) is 0 Å². The van der Waals surface area contributed by atoms with Crippen molar-refractivity contribution in [3.05, 3.63) is 53.1 Å². The molecule has 0 fully saturated rings. The third kappa shape index (κ3) is 3.60. The maximum atomic E-state index is 10.5. The summed E-state index contributed by atoms with van der Waals surface area (Å²) in [6.07, 6.45) is 4.26. The summed E-state index contributed by atoms with van der Waals surface area (Å²) in [5, 5.41) is 9.38. The van der Waals surface area contributed by atoms with Gasteiger partial charge >= 0.3 is 5.97 Å². The maximum Gasteiger partial charge on any atom is 0.309 e. The van der Waals surface area contributed by atoms with Crippen LogP contribution in [0, 0.1) is 0 Å². The summed E-state index contributed by atoms with van der Waals surface area (Å²) in [7, 11) is 0. The Hall–Kier alpha value is -1.81. The molecule has 0 radical (unpaired) electrons. The van der Waals surface area contributed by atoms with Gasteiger partial charge in [0.05, 0.1) is 18.4 Å². The van der Waals surface area contributed by atoms with Crippen LogP contribution in [-0.2, 0) is 24.2 Å². The molecule has 0 aliphatic heterocycles. The summed E-state index contributed by atoms with van der Waals surface area (Å²) >= 11 is 5.81. The highest BCUT2D eigenvalue weighted by Crippen LogP contribution is 2.10. The van der Waals surface area contributed by atoms with E-state index < -0.39 is 5.97 Å². The molecule has 1 heterocycles. The summed E-state index contributed by atoms with van der Waals surface area (Å²) < 4.78 is 1.90. The van der Waals surface area contributed by atoms with Gasteiger partial charge in [0.1, 0.15) is 0 Å². The van der Waals surface area contributed by atoms with E-state index in [2.05, 4.69) is 4.98 Å². The highest BCUT2D eigenvalue weighted by Gasteiger charge is 2.04. The van der Waals surface area contributed by atoms with Crippen molar-refractivity contribution in [3.63, 3.8) is 0 Å². The van der Waals surface area contributed by atoms with Crippen LogP contribution in [0.5, 0.6) is 0 Å². The van der Waals surface area contributed by atoms with Crippen molar-refractivity contribution in [1.29, 1.82) is 0 Å². The second-order valence-electron chi connectivity index (χ2n) is 4.05.